The van der Waals surface area contributed by atoms with Crippen LogP contribution in [0.15, 0.2) is 30.6 Å². The summed E-state index contributed by atoms with van der Waals surface area (Å²) in [6, 6.07) is 5.59. The van der Waals surface area contributed by atoms with Crippen LogP contribution in [0.5, 0.6) is 0 Å². The number of hydrogen-bond donors (Lipinski definition) is 2. The van der Waals surface area contributed by atoms with Crippen LogP contribution in [0, 0.1) is 12.8 Å². The third kappa shape index (κ3) is 4.25. The predicted molar refractivity (Wildman–Crippen MR) is 101 cm³/mol. The molecule has 0 spiro atoms. The van der Waals surface area contributed by atoms with E-state index < -0.39 is 0 Å². The van der Waals surface area contributed by atoms with E-state index in [9.17, 15) is 9.59 Å². The van der Waals surface area contributed by atoms with Gasteiger partial charge < -0.3 is 10.6 Å². The lowest BCUT2D eigenvalue weighted by Gasteiger charge is -2.15. The van der Waals surface area contributed by atoms with Crippen LogP contribution in [0.1, 0.15) is 54.4 Å². The van der Waals surface area contributed by atoms with Gasteiger partial charge in [-0.1, -0.05) is 25.8 Å². The van der Waals surface area contributed by atoms with Gasteiger partial charge in [-0.2, -0.15) is 0 Å². The van der Waals surface area contributed by atoms with Crippen molar-refractivity contribution >= 4 is 23.2 Å². The van der Waals surface area contributed by atoms with Gasteiger partial charge in [0, 0.05) is 24.7 Å². The molecule has 1 aliphatic carbocycles. The molecule has 136 valence electrons. The number of benzene rings is 1. The lowest BCUT2D eigenvalue weighted by Crippen LogP contribution is -2.22. The molecule has 0 aliphatic heterocycles. The standard InChI is InChI=1S/C20H24N4O2/c1-3-18-21-11-15(12-22-18)20(26)24-17-10-13(2)8-9-16(17)23-19(25)14-6-4-5-7-14/h8-12,14H,3-7H2,1-2H3,(H,23,25)(H,24,26). The van der Waals surface area contributed by atoms with Crippen LogP contribution < -0.4 is 10.6 Å². The van der Waals surface area contributed by atoms with Gasteiger partial charge in [0.15, 0.2) is 0 Å². The Hall–Kier alpha value is -2.76. The van der Waals surface area contributed by atoms with Gasteiger partial charge in [-0.3, -0.25) is 9.59 Å². The Bertz CT molecular complexity index is 796. The molecule has 2 amide bonds. The SMILES string of the molecule is CCc1ncc(C(=O)Nc2cc(C)ccc2NC(=O)C2CCCC2)cn1. The molecule has 0 atom stereocenters. The van der Waals surface area contributed by atoms with E-state index in [2.05, 4.69) is 20.6 Å². The summed E-state index contributed by atoms with van der Waals surface area (Å²) in [6.45, 7) is 3.90. The highest BCUT2D eigenvalue weighted by Crippen LogP contribution is 2.29. The molecule has 2 aromatic rings. The Morgan fingerprint density at radius 3 is 2.42 bits per heavy atom. The quantitative estimate of drug-likeness (QED) is 0.859. The highest BCUT2D eigenvalue weighted by molar-refractivity contribution is 6.07. The summed E-state index contributed by atoms with van der Waals surface area (Å²) in [5.41, 5.74) is 2.58. The van der Waals surface area contributed by atoms with E-state index in [1.165, 1.54) is 12.4 Å². The number of aromatic nitrogens is 2. The van der Waals surface area contributed by atoms with Crippen molar-refractivity contribution in [3.05, 3.63) is 47.5 Å². The van der Waals surface area contributed by atoms with Crippen LogP contribution in [0.4, 0.5) is 11.4 Å². The Kier molecular flexibility index (Phi) is 5.61. The first-order chi connectivity index (χ1) is 12.6. The molecule has 0 unspecified atom stereocenters. The smallest absolute Gasteiger partial charge is 0.258 e. The van der Waals surface area contributed by atoms with Crippen molar-refractivity contribution in [3.8, 4) is 0 Å². The lowest BCUT2D eigenvalue weighted by atomic mass is 10.1. The molecule has 6 nitrogen and oxygen atoms in total. The van der Waals surface area contributed by atoms with Crippen LogP contribution in [-0.4, -0.2) is 21.8 Å². The summed E-state index contributed by atoms with van der Waals surface area (Å²) in [4.78, 5) is 33.3. The number of nitrogens with one attached hydrogen (secondary N) is 2. The summed E-state index contributed by atoms with van der Waals surface area (Å²) >= 11 is 0. The number of amides is 2. The van der Waals surface area contributed by atoms with Gasteiger partial charge >= 0.3 is 0 Å². The van der Waals surface area contributed by atoms with E-state index in [4.69, 9.17) is 0 Å². The van der Waals surface area contributed by atoms with Crippen molar-refractivity contribution in [1.82, 2.24) is 9.97 Å². The van der Waals surface area contributed by atoms with Crippen LogP contribution in [0.3, 0.4) is 0 Å². The first kappa shape index (κ1) is 18.0. The van der Waals surface area contributed by atoms with Crippen molar-refractivity contribution in [3.63, 3.8) is 0 Å². The molecule has 2 N–H and O–H groups in total. The molecule has 1 aromatic carbocycles. The van der Waals surface area contributed by atoms with E-state index in [0.717, 1.165) is 37.7 Å². The van der Waals surface area contributed by atoms with Gasteiger partial charge in [-0.15, -0.1) is 0 Å². The maximum Gasteiger partial charge on any atom is 0.258 e. The fraction of sp³-hybridized carbons (Fsp3) is 0.400. The number of aryl methyl sites for hydroxylation is 2. The molecule has 26 heavy (non-hydrogen) atoms. The topological polar surface area (TPSA) is 84.0 Å². The van der Waals surface area contributed by atoms with Gasteiger partial charge in [0.1, 0.15) is 5.82 Å². The van der Waals surface area contributed by atoms with Crippen LogP contribution in [0.2, 0.25) is 0 Å². The molecule has 3 rings (SSSR count). The summed E-state index contributed by atoms with van der Waals surface area (Å²) in [5.74, 6) is 0.489. The van der Waals surface area contributed by atoms with E-state index in [1.807, 2.05) is 32.0 Å². The zero-order chi connectivity index (χ0) is 18.5. The molecule has 6 heteroatoms. The third-order valence-corrected chi connectivity index (χ3v) is 4.69. The Labute approximate surface area is 153 Å². The molecule has 1 aromatic heterocycles. The minimum atomic E-state index is -0.297. The summed E-state index contributed by atoms with van der Waals surface area (Å²) in [7, 11) is 0. The zero-order valence-electron chi connectivity index (χ0n) is 15.2. The summed E-state index contributed by atoms with van der Waals surface area (Å²) in [6.07, 6.45) is 7.83. The second-order valence-electron chi connectivity index (χ2n) is 6.72. The van der Waals surface area contributed by atoms with E-state index in [1.54, 1.807) is 0 Å². The van der Waals surface area contributed by atoms with E-state index in [-0.39, 0.29) is 17.7 Å². The van der Waals surface area contributed by atoms with E-state index >= 15 is 0 Å². The zero-order valence-corrected chi connectivity index (χ0v) is 15.2. The number of nitrogens with zero attached hydrogens (tertiary/aromatic N) is 2. The fourth-order valence-corrected chi connectivity index (χ4v) is 3.14. The minimum absolute atomic E-state index is 0.0254. The highest BCUT2D eigenvalue weighted by atomic mass is 16.2. The Morgan fingerprint density at radius 2 is 1.77 bits per heavy atom. The largest absolute Gasteiger partial charge is 0.324 e. The van der Waals surface area contributed by atoms with Crippen molar-refractivity contribution < 1.29 is 9.59 Å². The summed E-state index contributed by atoms with van der Waals surface area (Å²) in [5, 5.41) is 5.84. The van der Waals surface area contributed by atoms with Crippen molar-refractivity contribution in [2.75, 3.05) is 10.6 Å². The van der Waals surface area contributed by atoms with Gasteiger partial charge in [-0.25, -0.2) is 9.97 Å². The van der Waals surface area contributed by atoms with Gasteiger partial charge in [-0.05, 0) is 37.5 Å². The number of carbonyl (C=O) groups is 2. The molecule has 0 bridgehead atoms. The number of carbonyl (C=O) groups excluding carboxylic acids is 2. The van der Waals surface area contributed by atoms with Gasteiger partial charge in [0.25, 0.3) is 5.91 Å². The average molecular weight is 352 g/mol. The Balaban J connectivity index is 1.76. The summed E-state index contributed by atoms with van der Waals surface area (Å²) < 4.78 is 0. The molecular formula is C20H24N4O2. The fourth-order valence-electron chi connectivity index (χ4n) is 3.14. The molecular weight excluding hydrogens is 328 g/mol. The molecule has 1 fully saturated rings. The second-order valence-corrected chi connectivity index (χ2v) is 6.72. The van der Waals surface area contributed by atoms with Crippen molar-refractivity contribution in [2.24, 2.45) is 5.92 Å². The lowest BCUT2D eigenvalue weighted by molar-refractivity contribution is -0.119. The van der Waals surface area contributed by atoms with Crippen LogP contribution >= 0.6 is 0 Å². The first-order valence-corrected chi connectivity index (χ1v) is 9.10. The molecule has 1 heterocycles. The predicted octanol–water partition coefficient (Wildman–Crippen LogP) is 3.73. The highest BCUT2D eigenvalue weighted by Gasteiger charge is 2.23. The maximum atomic E-state index is 12.5. The number of hydrogen-bond acceptors (Lipinski definition) is 4. The minimum Gasteiger partial charge on any atom is -0.324 e. The van der Waals surface area contributed by atoms with E-state index in [0.29, 0.717) is 22.8 Å². The number of anilines is 2. The second kappa shape index (κ2) is 8.08. The molecule has 0 saturated heterocycles. The van der Waals surface area contributed by atoms with Gasteiger partial charge in [0.05, 0.1) is 16.9 Å². The third-order valence-electron chi connectivity index (χ3n) is 4.69. The van der Waals surface area contributed by atoms with Crippen LogP contribution in [-0.2, 0) is 11.2 Å². The van der Waals surface area contributed by atoms with Crippen molar-refractivity contribution in [1.29, 1.82) is 0 Å². The molecule has 1 aliphatic rings. The maximum absolute atomic E-state index is 12.5. The molecule has 1 saturated carbocycles. The monoisotopic (exact) mass is 352 g/mol. The number of rotatable bonds is 5. The molecule has 0 radical (unpaired) electrons. The van der Waals surface area contributed by atoms with Gasteiger partial charge in [0.2, 0.25) is 5.91 Å². The van der Waals surface area contributed by atoms with Crippen LogP contribution in [0.25, 0.3) is 0 Å². The Morgan fingerprint density at radius 1 is 1.08 bits per heavy atom. The van der Waals surface area contributed by atoms with Crippen molar-refractivity contribution in [2.45, 2.75) is 46.0 Å². The normalized spacial score (nSPS) is 14.2. The average Bonchev–Trinajstić information content (AvgIpc) is 3.19. The first-order valence-electron chi connectivity index (χ1n) is 9.10.